The Morgan fingerprint density at radius 1 is 1.60 bits per heavy atom. The average Bonchev–Trinajstić information content (AvgIpc) is 1.74. The second-order valence-electron chi connectivity index (χ2n) is 1.64. The molecule has 5 heavy (non-hydrogen) atoms. The van der Waals surface area contributed by atoms with E-state index in [1.54, 1.807) is 0 Å². The lowest BCUT2D eigenvalue weighted by Gasteiger charge is -1.61. The summed E-state index contributed by atoms with van der Waals surface area (Å²) in [6.07, 6.45) is 0. The van der Waals surface area contributed by atoms with E-state index in [0.717, 1.165) is 0 Å². The summed E-state index contributed by atoms with van der Waals surface area (Å²) in [6.45, 7) is -1.16. The maximum Gasteiger partial charge on any atom is 0.117 e. The molecule has 2 fully saturated rings. The van der Waals surface area contributed by atoms with E-state index < -0.39 is 6.83 Å². The van der Waals surface area contributed by atoms with Gasteiger partial charge in [-0.05, 0) is 7.61 Å². The van der Waals surface area contributed by atoms with E-state index in [1.165, 1.54) is 11.8 Å². The van der Waals surface area contributed by atoms with Gasteiger partial charge in [0.2, 0.25) is 0 Å². The Labute approximate surface area is 31.8 Å². The number of hydrogen-bond donors (Lipinski definition) is 0. The largest absolute Gasteiger partial charge is 0.318 e. The predicted molar refractivity (Wildman–Crippen MR) is 24.3 cm³/mol. The normalized spacial score (nSPS) is 70.0. The van der Waals surface area contributed by atoms with Crippen LogP contribution in [0, 0.1) is 0 Å². The predicted octanol–water partition coefficient (Wildman–Crippen LogP) is 1.69. The smallest absolute Gasteiger partial charge is 0.117 e. The van der Waals surface area contributed by atoms with Crippen LogP contribution in [0.1, 0.15) is 0 Å². The molecule has 2 rings (SSSR count). The molecule has 0 radical (unpaired) electrons. The Bertz CT molecular complexity index is 109. The van der Waals surface area contributed by atoms with Crippen molar-refractivity contribution < 1.29 is 4.57 Å². The molecule has 2 aliphatic heterocycles. The standard InChI is InChI=1S/C2H4OP2/c3-5-1-4(5)2-5/h1-2H2. The van der Waals surface area contributed by atoms with Crippen molar-refractivity contribution in [2.24, 2.45) is 0 Å². The van der Waals surface area contributed by atoms with Gasteiger partial charge in [0.05, 0.1) is 0 Å². The Morgan fingerprint density at radius 2 is 1.80 bits per heavy atom. The van der Waals surface area contributed by atoms with Crippen molar-refractivity contribution in [1.29, 1.82) is 0 Å². The van der Waals surface area contributed by atoms with Crippen molar-refractivity contribution in [3.05, 3.63) is 0 Å². The van der Waals surface area contributed by atoms with Gasteiger partial charge in [0.15, 0.2) is 0 Å². The molecule has 2 heterocycles. The molecule has 2 saturated heterocycles. The van der Waals surface area contributed by atoms with E-state index in [0.29, 0.717) is 0 Å². The third kappa shape index (κ3) is 0.206. The zero-order valence-electron chi connectivity index (χ0n) is 2.72. The molecule has 0 saturated carbocycles. The van der Waals surface area contributed by atoms with Crippen LogP contribution in [-0.2, 0) is 4.57 Å². The molecule has 0 aromatic rings. The molecule has 0 aromatic heterocycles. The van der Waals surface area contributed by atoms with Crippen molar-refractivity contribution >= 4 is 14.4 Å². The minimum atomic E-state index is -1.16. The first-order valence-corrected chi connectivity index (χ1v) is 6.14. The molecule has 0 spiro atoms. The summed E-state index contributed by atoms with van der Waals surface area (Å²) in [6, 6.07) is 0. The summed E-state index contributed by atoms with van der Waals surface area (Å²) in [5.41, 5.74) is 0. The lowest BCUT2D eigenvalue weighted by atomic mass is 11.8. The molecular formula is C2H4OP2. The third-order valence-corrected chi connectivity index (χ3v) is 10.0. The molecule has 28 valence electrons. The topological polar surface area (TPSA) is 17.1 Å². The number of hydrogen-bond acceptors (Lipinski definition) is 1. The summed E-state index contributed by atoms with van der Waals surface area (Å²) in [4.78, 5) is 0. The van der Waals surface area contributed by atoms with Crippen LogP contribution < -0.4 is 0 Å². The molecule has 3 heteroatoms. The highest BCUT2D eigenvalue weighted by Gasteiger charge is 2.66. The van der Waals surface area contributed by atoms with Crippen LogP contribution in [0.25, 0.3) is 0 Å². The maximum atomic E-state index is 10.4. The highest BCUT2D eigenvalue weighted by Crippen LogP contribution is 3.14. The van der Waals surface area contributed by atoms with Gasteiger partial charge < -0.3 is 4.57 Å². The Balaban J connectivity index is 2.70. The monoisotopic (exact) mass is 106 g/mol. The Morgan fingerprint density at radius 3 is 1.80 bits per heavy atom. The van der Waals surface area contributed by atoms with E-state index in [1.807, 2.05) is 0 Å². The maximum absolute atomic E-state index is 10.4. The second kappa shape index (κ2) is 0.459. The van der Waals surface area contributed by atoms with Gasteiger partial charge in [-0.3, -0.25) is 0 Å². The van der Waals surface area contributed by atoms with Gasteiger partial charge in [0, 0.05) is 11.8 Å². The van der Waals surface area contributed by atoms with Crippen molar-refractivity contribution in [3.63, 3.8) is 0 Å². The molecule has 0 bridgehead atoms. The first-order valence-electron chi connectivity index (χ1n) is 1.65. The van der Waals surface area contributed by atoms with Crippen molar-refractivity contribution in [2.75, 3.05) is 11.8 Å². The van der Waals surface area contributed by atoms with Crippen molar-refractivity contribution in [1.82, 2.24) is 0 Å². The zero-order valence-corrected chi connectivity index (χ0v) is 4.51. The molecule has 0 unspecified atom stereocenters. The fourth-order valence-corrected chi connectivity index (χ4v) is 7.86. The van der Waals surface area contributed by atoms with Gasteiger partial charge >= 0.3 is 0 Å². The minimum absolute atomic E-state index is 0.270. The minimum Gasteiger partial charge on any atom is -0.318 e. The van der Waals surface area contributed by atoms with Crippen molar-refractivity contribution in [2.45, 2.75) is 0 Å². The van der Waals surface area contributed by atoms with E-state index in [9.17, 15) is 4.57 Å². The summed E-state index contributed by atoms with van der Waals surface area (Å²) >= 11 is 0. The Hall–Kier alpha value is 0.660. The lowest BCUT2D eigenvalue weighted by Crippen LogP contribution is -1.48. The van der Waals surface area contributed by atoms with Gasteiger partial charge in [-0.25, -0.2) is 0 Å². The van der Waals surface area contributed by atoms with E-state index >= 15 is 0 Å². The van der Waals surface area contributed by atoms with Crippen LogP contribution in [-0.4, -0.2) is 11.8 Å². The highest BCUT2D eigenvalue weighted by atomic mass is 32.2. The van der Waals surface area contributed by atoms with Crippen LogP contribution in [0.2, 0.25) is 0 Å². The van der Waals surface area contributed by atoms with E-state index in [2.05, 4.69) is 0 Å². The van der Waals surface area contributed by atoms with Crippen molar-refractivity contribution in [3.8, 4) is 0 Å². The van der Waals surface area contributed by atoms with Gasteiger partial charge in [0.25, 0.3) is 0 Å². The van der Waals surface area contributed by atoms with E-state index in [-0.39, 0.29) is 7.61 Å². The van der Waals surface area contributed by atoms with Gasteiger partial charge in [-0.1, -0.05) is 0 Å². The average molecular weight is 106 g/mol. The fourth-order valence-electron chi connectivity index (χ4n) is 0.412. The molecule has 2 aliphatic rings. The molecule has 0 N–H and O–H groups in total. The molecule has 0 atom stereocenters. The van der Waals surface area contributed by atoms with Crippen LogP contribution >= 0.6 is 14.4 Å². The van der Waals surface area contributed by atoms with Crippen LogP contribution in [0.3, 0.4) is 0 Å². The molecule has 0 amide bonds. The summed E-state index contributed by atoms with van der Waals surface area (Å²) in [7, 11) is 0.270. The van der Waals surface area contributed by atoms with Gasteiger partial charge in [-0.2, -0.15) is 0 Å². The Kier molecular flexibility index (Phi) is 0.254. The molecule has 0 aliphatic carbocycles. The van der Waals surface area contributed by atoms with E-state index in [4.69, 9.17) is 0 Å². The zero-order chi connectivity index (χ0) is 3.49. The molecular weight excluding hydrogens is 102 g/mol. The van der Waals surface area contributed by atoms with Gasteiger partial charge in [-0.15, -0.1) is 0 Å². The number of fused-ring (bicyclic) bond motifs is 1. The quantitative estimate of drug-likeness (QED) is 0.429. The molecule has 1 nitrogen and oxygen atoms in total. The first kappa shape index (κ1) is 2.77. The van der Waals surface area contributed by atoms with Gasteiger partial charge in [0.1, 0.15) is 6.83 Å². The third-order valence-electron chi connectivity index (χ3n) is 1.11. The second-order valence-corrected chi connectivity index (χ2v) is 10.5. The highest BCUT2D eigenvalue weighted by molar-refractivity contribution is 8.63. The summed E-state index contributed by atoms with van der Waals surface area (Å²) in [5, 5.41) is 0. The first-order chi connectivity index (χ1) is 2.31. The SMILES string of the molecule is O=P12CP1C2. The summed E-state index contributed by atoms with van der Waals surface area (Å²) in [5.74, 6) is 2.34. The lowest BCUT2D eigenvalue weighted by molar-refractivity contribution is 0.594. The number of rotatable bonds is 0. The van der Waals surface area contributed by atoms with Crippen LogP contribution in [0.15, 0.2) is 0 Å². The fraction of sp³-hybridized carbons (Fsp3) is 1.00. The molecule has 0 aromatic carbocycles. The van der Waals surface area contributed by atoms with Crippen LogP contribution in [0.4, 0.5) is 0 Å². The van der Waals surface area contributed by atoms with Crippen LogP contribution in [0.5, 0.6) is 0 Å². The summed E-state index contributed by atoms with van der Waals surface area (Å²) < 4.78 is 10.4.